The monoisotopic (exact) mass is 226 g/mol. The third-order valence-electron chi connectivity index (χ3n) is 2.49. The van der Waals surface area contributed by atoms with Crippen molar-refractivity contribution in [2.24, 2.45) is 0 Å². The molecule has 0 radical (unpaired) electrons. The summed E-state index contributed by atoms with van der Waals surface area (Å²) in [6.07, 6.45) is 0. The van der Waals surface area contributed by atoms with Gasteiger partial charge >= 0.3 is 0 Å². The molecule has 6 heteroatoms. The van der Waals surface area contributed by atoms with Gasteiger partial charge < -0.3 is 10.1 Å². The first-order chi connectivity index (χ1) is 7.68. The fraction of sp³-hybridized carbons (Fsp3) is 0.400. The average Bonchev–Trinajstić information content (AvgIpc) is 2.30. The van der Waals surface area contributed by atoms with E-state index in [0.29, 0.717) is 19.8 Å². The summed E-state index contributed by atoms with van der Waals surface area (Å²) in [6.45, 7) is 1.53. The molecule has 0 bridgehead atoms. The number of ether oxygens (including phenoxy) is 1. The van der Waals surface area contributed by atoms with Gasteiger partial charge in [0.05, 0.1) is 24.2 Å². The number of halogens is 1. The largest absolute Gasteiger partial charge is 0.378 e. The van der Waals surface area contributed by atoms with Gasteiger partial charge in [0.25, 0.3) is 5.69 Å². The standard InChI is InChI=1S/C10H11FN2O3/c11-9-2-1-7(13(14)15)5-8(9)10-6-16-4-3-12-10/h1-2,5,10,12H,3-4,6H2/t10-/m0/s1. The molecule has 16 heavy (non-hydrogen) atoms. The van der Waals surface area contributed by atoms with Crippen LogP contribution in [0.15, 0.2) is 18.2 Å². The summed E-state index contributed by atoms with van der Waals surface area (Å²) in [7, 11) is 0. The molecule has 1 fully saturated rings. The predicted molar refractivity (Wildman–Crippen MR) is 54.6 cm³/mol. The summed E-state index contributed by atoms with van der Waals surface area (Å²) in [5.41, 5.74) is 0.178. The lowest BCUT2D eigenvalue weighted by Crippen LogP contribution is -2.35. The molecule has 0 aliphatic carbocycles. The number of morpholine rings is 1. The Balaban J connectivity index is 2.30. The second-order valence-electron chi connectivity index (χ2n) is 3.54. The Labute approximate surface area is 91.4 Å². The van der Waals surface area contributed by atoms with Crippen LogP contribution in [0, 0.1) is 15.9 Å². The highest BCUT2D eigenvalue weighted by molar-refractivity contribution is 5.37. The maximum Gasteiger partial charge on any atom is 0.269 e. The van der Waals surface area contributed by atoms with Crippen LogP contribution < -0.4 is 5.32 Å². The Morgan fingerprint density at radius 3 is 3.00 bits per heavy atom. The molecule has 1 aromatic carbocycles. The van der Waals surface area contributed by atoms with Crippen LogP contribution in [0.25, 0.3) is 0 Å². The number of nitro groups is 1. The molecule has 0 spiro atoms. The smallest absolute Gasteiger partial charge is 0.269 e. The minimum atomic E-state index is -0.535. The van der Waals surface area contributed by atoms with Crippen LogP contribution >= 0.6 is 0 Å². The molecule has 0 unspecified atom stereocenters. The molecule has 0 aromatic heterocycles. The van der Waals surface area contributed by atoms with E-state index in [1.165, 1.54) is 6.07 Å². The Morgan fingerprint density at radius 1 is 1.56 bits per heavy atom. The van der Waals surface area contributed by atoms with E-state index in [1.54, 1.807) is 0 Å². The number of hydrogen-bond donors (Lipinski definition) is 1. The molecule has 1 aliphatic rings. The van der Waals surface area contributed by atoms with Gasteiger partial charge in [-0.15, -0.1) is 0 Å². The Morgan fingerprint density at radius 2 is 2.38 bits per heavy atom. The summed E-state index contributed by atoms with van der Waals surface area (Å²) in [5.74, 6) is -0.450. The summed E-state index contributed by atoms with van der Waals surface area (Å²) in [4.78, 5) is 10.0. The molecule has 1 saturated heterocycles. The highest BCUT2D eigenvalue weighted by Crippen LogP contribution is 2.23. The minimum Gasteiger partial charge on any atom is -0.378 e. The zero-order valence-corrected chi connectivity index (χ0v) is 8.48. The average molecular weight is 226 g/mol. The van der Waals surface area contributed by atoms with E-state index in [4.69, 9.17) is 4.74 Å². The first-order valence-corrected chi connectivity index (χ1v) is 4.93. The zero-order valence-electron chi connectivity index (χ0n) is 8.48. The fourth-order valence-corrected chi connectivity index (χ4v) is 1.68. The number of nitrogens with zero attached hydrogens (tertiary/aromatic N) is 1. The Kier molecular flexibility index (Phi) is 3.12. The number of benzene rings is 1. The van der Waals surface area contributed by atoms with Crippen LogP contribution in [0.2, 0.25) is 0 Å². The number of nitrogens with one attached hydrogen (secondary N) is 1. The first-order valence-electron chi connectivity index (χ1n) is 4.93. The maximum absolute atomic E-state index is 13.5. The second kappa shape index (κ2) is 4.54. The van der Waals surface area contributed by atoms with Crippen molar-refractivity contribution >= 4 is 5.69 Å². The van der Waals surface area contributed by atoms with E-state index in [0.717, 1.165) is 12.1 Å². The molecule has 2 rings (SSSR count). The van der Waals surface area contributed by atoms with Gasteiger partial charge in [0.15, 0.2) is 0 Å². The van der Waals surface area contributed by atoms with Crippen LogP contribution in [0.1, 0.15) is 11.6 Å². The van der Waals surface area contributed by atoms with E-state index in [9.17, 15) is 14.5 Å². The highest BCUT2D eigenvalue weighted by Gasteiger charge is 2.21. The van der Waals surface area contributed by atoms with Crippen molar-refractivity contribution in [3.05, 3.63) is 39.7 Å². The van der Waals surface area contributed by atoms with Crippen LogP contribution in [0.4, 0.5) is 10.1 Å². The summed E-state index contributed by atoms with van der Waals surface area (Å²) in [5, 5.41) is 13.6. The van der Waals surface area contributed by atoms with Gasteiger partial charge in [0.1, 0.15) is 5.82 Å². The topological polar surface area (TPSA) is 64.4 Å². The van der Waals surface area contributed by atoms with Crippen molar-refractivity contribution in [2.75, 3.05) is 19.8 Å². The van der Waals surface area contributed by atoms with Gasteiger partial charge in [-0.05, 0) is 6.07 Å². The third kappa shape index (κ3) is 2.17. The van der Waals surface area contributed by atoms with E-state index >= 15 is 0 Å². The molecule has 0 saturated carbocycles. The lowest BCUT2D eigenvalue weighted by molar-refractivity contribution is -0.385. The van der Waals surface area contributed by atoms with Crippen molar-refractivity contribution in [3.63, 3.8) is 0 Å². The zero-order chi connectivity index (χ0) is 11.5. The van der Waals surface area contributed by atoms with Gasteiger partial charge in [-0.3, -0.25) is 10.1 Å². The first kappa shape index (κ1) is 11.0. The van der Waals surface area contributed by atoms with Crippen molar-refractivity contribution < 1.29 is 14.1 Å². The Hall–Kier alpha value is -1.53. The minimum absolute atomic E-state index is 0.108. The quantitative estimate of drug-likeness (QED) is 0.611. The highest BCUT2D eigenvalue weighted by atomic mass is 19.1. The van der Waals surface area contributed by atoms with Crippen molar-refractivity contribution in [1.82, 2.24) is 5.32 Å². The number of non-ortho nitro benzene ring substituents is 1. The van der Waals surface area contributed by atoms with Crippen molar-refractivity contribution in [1.29, 1.82) is 0 Å². The summed E-state index contributed by atoms with van der Waals surface area (Å²) >= 11 is 0. The third-order valence-corrected chi connectivity index (χ3v) is 2.49. The van der Waals surface area contributed by atoms with E-state index in [-0.39, 0.29) is 17.3 Å². The van der Waals surface area contributed by atoms with Crippen molar-refractivity contribution in [3.8, 4) is 0 Å². The summed E-state index contributed by atoms with van der Waals surface area (Å²) < 4.78 is 18.7. The molecule has 0 amide bonds. The molecule has 5 nitrogen and oxygen atoms in total. The fourth-order valence-electron chi connectivity index (χ4n) is 1.68. The molecular formula is C10H11FN2O3. The number of hydrogen-bond acceptors (Lipinski definition) is 4. The number of rotatable bonds is 2. The van der Waals surface area contributed by atoms with Crippen LogP contribution in [-0.4, -0.2) is 24.7 Å². The molecule has 1 heterocycles. The molecule has 1 aromatic rings. The lowest BCUT2D eigenvalue weighted by atomic mass is 10.1. The molecular weight excluding hydrogens is 215 g/mol. The number of nitro benzene ring substituents is 1. The van der Waals surface area contributed by atoms with Crippen LogP contribution in [-0.2, 0) is 4.74 Å². The predicted octanol–water partition coefficient (Wildman–Crippen LogP) is 1.39. The lowest BCUT2D eigenvalue weighted by Gasteiger charge is -2.24. The molecule has 86 valence electrons. The molecule has 1 atom stereocenters. The van der Waals surface area contributed by atoms with Crippen LogP contribution in [0.5, 0.6) is 0 Å². The van der Waals surface area contributed by atoms with Gasteiger partial charge in [0, 0.05) is 24.2 Å². The van der Waals surface area contributed by atoms with Crippen molar-refractivity contribution in [2.45, 2.75) is 6.04 Å². The van der Waals surface area contributed by atoms with Gasteiger partial charge in [-0.25, -0.2) is 4.39 Å². The van der Waals surface area contributed by atoms with Gasteiger partial charge in [-0.1, -0.05) is 0 Å². The van der Waals surface area contributed by atoms with Gasteiger partial charge in [-0.2, -0.15) is 0 Å². The Bertz CT molecular complexity index is 405. The normalized spacial score (nSPS) is 20.7. The molecule has 1 N–H and O–H groups in total. The van der Waals surface area contributed by atoms with E-state index in [2.05, 4.69) is 5.32 Å². The van der Waals surface area contributed by atoms with Gasteiger partial charge in [0.2, 0.25) is 0 Å². The SMILES string of the molecule is O=[N+]([O-])c1ccc(F)c([C@@H]2COCCN2)c1. The van der Waals surface area contributed by atoms with E-state index < -0.39 is 10.7 Å². The maximum atomic E-state index is 13.5. The van der Waals surface area contributed by atoms with E-state index in [1.807, 2.05) is 0 Å². The molecule has 1 aliphatic heterocycles. The summed E-state index contributed by atoms with van der Waals surface area (Å²) in [6, 6.07) is 3.21. The van der Waals surface area contributed by atoms with Crippen LogP contribution in [0.3, 0.4) is 0 Å². The second-order valence-corrected chi connectivity index (χ2v) is 3.54.